The fraction of sp³-hybridized carbons (Fsp3) is 0.562. The van der Waals surface area contributed by atoms with Gasteiger partial charge >= 0.3 is 0 Å². The predicted molar refractivity (Wildman–Crippen MR) is 78.8 cm³/mol. The summed E-state index contributed by atoms with van der Waals surface area (Å²) in [7, 11) is 1.66. The van der Waals surface area contributed by atoms with E-state index in [1.807, 2.05) is 18.2 Å². The summed E-state index contributed by atoms with van der Waals surface area (Å²) in [5, 5.41) is 0. The second kappa shape index (κ2) is 5.44. The van der Waals surface area contributed by atoms with Crippen molar-refractivity contribution >= 4 is 11.1 Å². The van der Waals surface area contributed by atoms with Gasteiger partial charge in [0.25, 0.3) is 0 Å². The second-order valence-electron chi connectivity index (χ2n) is 5.86. The summed E-state index contributed by atoms with van der Waals surface area (Å²) in [6.45, 7) is 0.711. The van der Waals surface area contributed by atoms with Crippen LogP contribution < -0.4 is 10.5 Å². The van der Waals surface area contributed by atoms with E-state index < -0.39 is 0 Å². The van der Waals surface area contributed by atoms with Gasteiger partial charge in [-0.25, -0.2) is 4.98 Å². The van der Waals surface area contributed by atoms with Crippen molar-refractivity contribution < 1.29 is 9.15 Å². The van der Waals surface area contributed by atoms with Crippen LogP contribution in [0.3, 0.4) is 0 Å². The number of aromatic nitrogens is 1. The molecule has 1 aliphatic carbocycles. The quantitative estimate of drug-likeness (QED) is 0.929. The first-order valence-corrected chi connectivity index (χ1v) is 7.39. The van der Waals surface area contributed by atoms with Gasteiger partial charge in [0.15, 0.2) is 17.0 Å². The summed E-state index contributed by atoms with van der Waals surface area (Å²) in [5.41, 5.74) is 7.82. The van der Waals surface area contributed by atoms with E-state index in [4.69, 9.17) is 14.9 Å². The predicted octanol–water partition coefficient (Wildman–Crippen LogP) is 3.29. The summed E-state index contributed by atoms with van der Waals surface area (Å²) in [4.78, 5) is 4.62. The normalized spacial score (nSPS) is 18.3. The van der Waals surface area contributed by atoms with Crippen LogP contribution in [0, 0.1) is 5.41 Å². The highest BCUT2D eigenvalue weighted by Crippen LogP contribution is 2.39. The molecule has 0 aliphatic heterocycles. The average Bonchev–Trinajstić information content (AvgIpc) is 2.90. The van der Waals surface area contributed by atoms with Crippen molar-refractivity contribution in [2.45, 2.75) is 38.5 Å². The smallest absolute Gasteiger partial charge is 0.196 e. The van der Waals surface area contributed by atoms with Crippen LogP contribution in [-0.4, -0.2) is 18.6 Å². The van der Waals surface area contributed by atoms with E-state index in [1.165, 1.54) is 32.1 Å². The average molecular weight is 274 g/mol. The van der Waals surface area contributed by atoms with Gasteiger partial charge in [-0.15, -0.1) is 0 Å². The van der Waals surface area contributed by atoms with Crippen molar-refractivity contribution in [1.82, 2.24) is 4.98 Å². The number of ether oxygens (including phenoxy) is 1. The van der Waals surface area contributed by atoms with E-state index in [0.717, 1.165) is 29.2 Å². The van der Waals surface area contributed by atoms with Gasteiger partial charge in [-0.3, -0.25) is 0 Å². The topological polar surface area (TPSA) is 61.3 Å². The van der Waals surface area contributed by atoms with Gasteiger partial charge in [0.2, 0.25) is 0 Å². The van der Waals surface area contributed by atoms with Crippen LogP contribution in [0.4, 0.5) is 0 Å². The molecule has 0 spiro atoms. The van der Waals surface area contributed by atoms with Crippen LogP contribution in [-0.2, 0) is 6.42 Å². The molecule has 20 heavy (non-hydrogen) atoms. The number of fused-ring (bicyclic) bond motifs is 1. The fourth-order valence-electron chi connectivity index (χ4n) is 3.29. The summed E-state index contributed by atoms with van der Waals surface area (Å²) < 4.78 is 11.2. The minimum atomic E-state index is 0.173. The molecule has 1 aromatic heterocycles. The van der Waals surface area contributed by atoms with Crippen molar-refractivity contribution in [3.8, 4) is 5.75 Å². The van der Waals surface area contributed by atoms with Gasteiger partial charge in [-0.1, -0.05) is 25.3 Å². The van der Waals surface area contributed by atoms with E-state index >= 15 is 0 Å². The van der Waals surface area contributed by atoms with Crippen molar-refractivity contribution in [3.63, 3.8) is 0 Å². The summed E-state index contributed by atoms with van der Waals surface area (Å²) in [6, 6.07) is 5.77. The maximum Gasteiger partial charge on any atom is 0.196 e. The Morgan fingerprint density at radius 2 is 2.10 bits per heavy atom. The Balaban J connectivity index is 1.90. The third-order valence-electron chi connectivity index (χ3n) is 4.52. The van der Waals surface area contributed by atoms with Crippen LogP contribution in [0.2, 0.25) is 0 Å². The Morgan fingerprint density at radius 1 is 1.30 bits per heavy atom. The number of hydrogen-bond donors (Lipinski definition) is 1. The largest absolute Gasteiger partial charge is 0.494 e. The van der Waals surface area contributed by atoms with Crippen molar-refractivity contribution in [2.24, 2.45) is 11.1 Å². The SMILES string of the molecule is COc1cccc2oc(CC3(CN)CCCCC3)nc12. The third kappa shape index (κ3) is 2.40. The van der Waals surface area contributed by atoms with E-state index in [1.54, 1.807) is 7.11 Å². The van der Waals surface area contributed by atoms with E-state index in [9.17, 15) is 0 Å². The molecule has 0 bridgehead atoms. The lowest BCUT2D eigenvalue weighted by Crippen LogP contribution is -2.35. The molecule has 1 saturated carbocycles. The summed E-state index contributed by atoms with van der Waals surface area (Å²) in [6.07, 6.45) is 7.05. The molecular weight excluding hydrogens is 252 g/mol. The Hall–Kier alpha value is -1.55. The molecule has 1 aliphatic rings. The first kappa shape index (κ1) is 13.4. The van der Waals surface area contributed by atoms with Crippen molar-refractivity contribution in [3.05, 3.63) is 24.1 Å². The molecule has 2 aromatic rings. The number of nitrogens with zero attached hydrogens (tertiary/aromatic N) is 1. The van der Waals surface area contributed by atoms with E-state index in [-0.39, 0.29) is 5.41 Å². The lowest BCUT2D eigenvalue weighted by atomic mass is 9.72. The summed E-state index contributed by atoms with van der Waals surface area (Å²) >= 11 is 0. The molecule has 108 valence electrons. The summed E-state index contributed by atoms with van der Waals surface area (Å²) in [5.74, 6) is 1.56. The van der Waals surface area contributed by atoms with Crippen LogP contribution >= 0.6 is 0 Å². The van der Waals surface area contributed by atoms with Gasteiger partial charge in [0.1, 0.15) is 5.75 Å². The molecular formula is C16H22N2O2. The van der Waals surface area contributed by atoms with Crippen LogP contribution in [0.25, 0.3) is 11.1 Å². The van der Waals surface area contributed by atoms with E-state index in [0.29, 0.717) is 6.54 Å². The zero-order chi connectivity index (χ0) is 14.0. The zero-order valence-corrected chi connectivity index (χ0v) is 12.0. The number of para-hydroxylation sites is 1. The number of hydrogen-bond acceptors (Lipinski definition) is 4. The highest BCUT2D eigenvalue weighted by molar-refractivity contribution is 5.79. The molecule has 1 fully saturated rings. The molecule has 3 rings (SSSR count). The minimum absolute atomic E-state index is 0.173. The molecule has 0 atom stereocenters. The Bertz CT molecular complexity index is 585. The molecule has 1 aromatic carbocycles. The lowest BCUT2D eigenvalue weighted by Gasteiger charge is -2.35. The minimum Gasteiger partial charge on any atom is -0.494 e. The molecule has 4 heteroatoms. The Kier molecular flexibility index (Phi) is 3.66. The molecule has 0 saturated heterocycles. The molecule has 2 N–H and O–H groups in total. The first-order chi connectivity index (χ1) is 9.76. The molecule has 0 amide bonds. The van der Waals surface area contributed by atoms with Gasteiger partial charge in [-0.05, 0) is 36.9 Å². The molecule has 4 nitrogen and oxygen atoms in total. The highest BCUT2D eigenvalue weighted by atomic mass is 16.5. The number of oxazole rings is 1. The molecule has 1 heterocycles. The maximum absolute atomic E-state index is 6.04. The van der Waals surface area contributed by atoms with Crippen molar-refractivity contribution in [2.75, 3.05) is 13.7 Å². The standard InChI is InChI=1S/C16H22N2O2/c1-19-12-6-5-7-13-15(12)18-14(20-13)10-16(11-17)8-3-2-4-9-16/h5-7H,2-4,8-11,17H2,1H3. The maximum atomic E-state index is 6.04. The van der Waals surface area contributed by atoms with Crippen LogP contribution in [0.15, 0.2) is 22.6 Å². The monoisotopic (exact) mass is 274 g/mol. The molecule has 0 unspecified atom stereocenters. The van der Waals surface area contributed by atoms with Gasteiger partial charge in [-0.2, -0.15) is 0 Å². The number of benzene rings is 1. The zero-order valence-electron chi connectivity index (χ0n) is 12.0. The lowest BCUT2D eigenvalue weighted by molar-refractivity contribution is 0.184. The van der Waals surface area contributed by atoms with Crippen LogP contribution in [0.5, 0.6) is 5.75 Å². The van der Waals surface area contributed by atoms with Gasteiger partial charge < -0.3 is 14.9 Å². The fourth-order valence-corrected chi connectivity index (χ4v) is 3.29. The Labute approximate surface area is 119 Å². The number of rotatable bonds is 4. The first-order valence-electron chi connectivity index (χ1n) is 7.39. The highest BCUT2D eigenvalue weighted by Gasteiger charge is 2.32. The second-order valence-corrected chi connectivity index (χ2v) is 5.86. The third-order valence-corrected chi connectivity index (χ3v) is 4.52. The number of nitrogens with two attached hydrogens (primary N) is 1. The van der Waals surface area contributed by atoms with Crippen molar-refractivity contribution in [1.29, 1.82) is 0 Å². The number of methoxy groups -OCH3 is 1. The van der Waals surface area contributed by atoms with Crippen LogP contribution in [0.1, 0.15) is 38.0 Å². The Morgan fingerprint density at radius 3 is 2.80 bits per heavy atom. The van der Waals surface area contributed by atoms with Gasteiger partial charge in [0.05, 0.1) is 7.11 Å². The molecule has 0 radical (unpaired) electrons. The van der Waals surface area contributed by atoms with Gasteiger partial charge in [0, 0.05) is 6.42 Å². The van der Waals surface area contributed by atoms with E-state index in [2.05, 4.69) is 4.98 Å².